The Morgan fingerprint density at radius 3 is 2.14 bits per heavy atom. The van der Waals surface area contributed by atoms with E-state index in [1.54, 1.807) is 87.9 Å². The summed E-state index contributed by atoms with van der Waals surface area (Å²) in [5.74, 6) is -0.235. The quantitative estimate of drug-likeness (QED) is 0.262. The molecule has 0 bridgehead atoms. The lowest BCUT2D eigenvalue weighted by Crippen LogP contribution is -2.31. The highest BCUT2D eigenvalue weighted by molar-refractivity contribution is 7.90. The highest BCUT2D eigenvalue weighted by atomic mass is 32.2. The fourth-order valence-electron chi connectivity index (χ4n) is 4.53. The Hall–Kier alpha value is -4.83. The monoisotopic (exact) mass is 600 g/mol. The van der Waals surface area contributed by atoms with Crippen molar-refractivity contribution in [2.24, 2.45) is 0 Å². The summed E-state index contributed by atoms with van der Waals surface area (Å²) in [5.41, 5.74) is 4.48. The number of hydrogen-bond acceptors (Lipinski definition) is 6. The summed E-state index contributed by atoms with van der Waals surface area (Å²) in [4.78, 5) is 30.4. The van der Waals surface area contributed by atoms with E-state index in [2.05, 4.69) is 5.32 Å². The van der Waals surface area contributed by atoms with Crippen molar-refractivity contribution in [1.82, 2.24) is 4.90 Å². The fourth-order valence-corrected chi connectivity index (χ4v) is 6.07. The number of hydrogen-bond donors (Lipinski definition) is 1. The molecule has 1 N–H and O–H groups in total. The molecule has 0 unspecified atom stereocenters. The number of carbonyl (C=O) groups excluding carboxylic acids is 2. The van der Waals surface area contributed by atoms with Gasteiger partial charge < -0.3 is 19.9 Å². The molecule has 0 aliphatic rings. The molecular weight excluding hydrogens is 564 g/mol. The molecular formula is C33H36N4O5S. The smallest absolute Gasteiger partial charge is 0.326 e. The number of amides is 3. The molecule has 43 heavy (non-hydrogen) atoms. The summed E-state index contributed by atoms with van der Waals surface area (Å²) in [6.45, 7) is 0. The van der Waals surface area contributed by atoms with Crippen molar-refractivity contribution in [1.29, 1.82) is 0 Å². The number of ether oxygens (including phenoxy) is 1. The van der Waals surface area contributed by atoms with Gasteiger partial charge in [0.15, 0.2) is 9.84 Å². The van der Waals surface area contributed by atoms with E-state index < -0.39 is 9.84 Å². The zero-order chi connectivity index (χ0) is 31.3. The Bertz CT molecular complexity index is 1750. The van der Waals surface area contributed by atoms with E-state index >= 15 is 0 Å². The summed E-state index contributed by atoms with van der Waals surface area (Å²) >= 11 is 0. The minimum absolute atomic E-state index is 0.0362. The molecule has 0 saturated carbocycles. The van der Waals surface area contributed by atoms with E-state index in [1.165, 1.54) is 16.9 Å². The number of anilines is 3. The van der Waals surface area contributed by atoms with Crippen LogP contribution in [0, 0.1) is 0 Å². The van der Waals surface area contributed by atoms with Gasteiger partial charge in [0.05, 0.1) is 12.9 Å². The summed E-state index contributed by atoms with van der Waals surface area (Å²) in [7, 11) is 6.37. The zero-order valence-electron chi connectivity index (χ0n) is 25.2. The van der Waals surface area contributed by atoms with E-state index in [0.717, 1.165) is 5.69 Å². The summed E-state index contributed by atoms with van der Waals surface area (Å²) in [6, 6.07) is 26.0. The molecule has 0 radical (unpaired) electrons. The number of carbonyl (C=O) groups is 2. The van der Waals surface area contributed by atoms with Crippen LogP contribution in [-0.2, 0) is 15.6 Å². The summed E-state index contributed by atoms with van der Waals surface area (Å²) < 4.78 is 32.9. The highest BCUT2D eigenvalue weighted by Gasteiger charge is 2.23. The van der Waals surface area contributed by atoms with Crippen molar-refractivity contribution >= 4 is 38.8 Å². The molecule has 0 atom stereocenters. The van der Waals surface area contributed by atoms with Crippen molar-refractivity contribution in [3.8, 4) is 16.9 Å². The number of methoxy groups -OCH3 is 1. The molecule has 10 heteroatoms. The van der Waals surface area contributed by atoms with Crippen LogP contribution in [0.1, 0.15) is 15.9 Å². The zero-order valence-corrected chi connectivity index (χ0v) is 26.0. The number of nitrogens with one attached hydrogen (secondary N) is 1. The first-order chi connectivity index (χ1) is 20.4. The van der Waals surface area contributed by atoms with E-state index in [4.69, 9.17) is 4.74 Å². The Morgan fingerprint density at radius 1 is 0.767 bits per heavy atom. The van der Waals surface area contributed by atoms with Crippen LogP contribution in [0.2, 0.25) is 0 Å². The van der Waals surface area contributed by atoms with Crippen LogP contribution in [0.25, 0.3) is 11.1 Å². The van der Waals surface area contributed by atoms with Gasteiger partial charge in [-0.3, -0.25) is 9.69 Å². The highest BCUT2D eigenvalue weighted by Crippen LogP contribution is 2.33. The van der Waals surface area contributed by atoms with E-state index in [1.807, 2.05) is 43.3 Å². The predicted octanol–water partition coefficient (Wildman–Crippen LogP) is 5.77. The molecule has 9 nitrogen and oxygen atoms in total. The third-order valence-corrected chi connectivity index (χ3v) is 8.62. The lowest BCUT2D eigenvalue weighted by Gasteiger charge is -2.20. The van der Waals surface area contributed by atoms with Gasteiger partial charge in [-0.05, 0) is 71.3 Å². The molecule has 4 rings (SSSR count). The molecule has 0 fully saturated rings. The van der Waals surface area contributed by atoms with Crippen LogP contribution in [0.5, 0.6) is 5.75 Å². The van der Waals surface area contributed by atoms with Crippen LogP contribution >= 0.6 is 0 Å². The van der Waals surface area contributed by atoms with Gasteiger partial charge in [-0.15, -0.1) is 0 Å². The first kappa shape index (κ1) is 31.1. The van der Waals surface area contributed by atoms with Gasteiger partial charge >= 0.3 is 6.03 Å². The molecule has 0 aliphatic heterocycles. The second-order valence-electron chi connectivity index (χ2n) is 10.5. The molecule has 4 aromatic carbocycles. The Morgan fingerprint density at radius 2 is 1.44 bits per heavy atom. The maximum Gasteiger partial charge on any atom is 0.326 e. The average Bonchev–Trinajstić information content (AvgIpc) is 3.00. The Balaban J connectivity index is 1.58. The number of sulfone groups is 1. The molecule has 224 valence electrons. The molecule has 0 aliphatic carbocycles. The predicted molar refractivity (Wildman–Crippen MR) is 172 cm³/mol. The largest absolute Gasteiger partial charge is 0.495 e. The third-order valence-electron chi connectivity index (χ3n) is 6.92. The topological polar surface area (TPSA) is 99.3 Å². The lowest BCUT2D eigenvalue weighted by molar-refractivity contribution is 0.0827. The number of benzene rings is 4. The van der Waals surface area contributed by atoms with Crippen LogP contribution < -0.4 is 19.9 Å². The third kappa shape index (κ3) is 7.34. The molecule has 4 aromatic rings. The number of nitrogens with zero attached hydrogens (tertiary/aromatic N) is 3. The standard InChI is InChI=1S/C33H36N4O5S/c1-35(2)28-14-9-13-27(21-28)34-33(39)37(5)29-15-7-10-23(18-29)22-43(40,41)31-20-25(16-17-30(31)42-6)24-11-8-12-26(19-24)32(38)36(3)4/h7-21H,22H2,1-6H3,(H,34,39). The minimum atomic E-state index is -3.87. The maximum absolute atomic E-state index is 13.7. The van der Waals surface area contributed by atoms with Crippen LogP contribution in [0.15, 0.2) is 95.9 Å². The van der Waals surface area contributed by atoms with Gasteiger partial charge in [0.2, 0.25) is 0 Å². The maximum atomic E-state index is 13.7. The number of urea groups is 1. The molecule has 0 saturated heterocycles. The van der Waals surface area contributed by atoms with E-state index in [9.17, 15) is 18.0 Å². The van der Waals surface area contributed by atoms with Gasteiger partial charge in [-0.2, -0.15) is 0 Å². The van der Waals surface area contributed by atoms with E-state index in [-0.39, 0.29) is 28.3 Å². The summed E-state index contributed by atoms with van der Waals surface area (Å²) in [5, 5.41) is 2.88. The van der Waals surface area contributed by atoms with Crippen molar-refractivity contribution < 1.29 is 22.7 Å². The summed E-state index contributed by atoms with van der Waals surface area (Å²) in [6.07, 6.45) is 0. The lowest BCUT2D eigenvalue weighted by atomic mass is 10.0. The van der Waals surface area contributed by atoms with Crippen molar-refractivity contribution in [2.45, 2.75) is 10.6 Å². The first-order valence-corrected chi connectivity index (χ1v) is 15.2. The SMILES string of the molecule is COc1ccc(-c2cccc(C(=O)N(C)C)c2)cc1S(=O)(=O)Cc1cccc(N(C)C(=O)Nc2cccc(N(C)C)c2)c1. The second kappa shape index (κ2) is 13.0. The van der Waals surface area contributed by atoms with Crippen molar-refractivity contribution in [3.05, 3.63) is 102 Å². The number of rotatable bonds is 9. The second-order valence-corrected chi connectivity index (χ2v) is 12.5. The van der Waals surface area contributed by atoms with Crippen molar-refractivity contribution in [3.63, 3.8) is 0 Å². The minimum Gasteiger partial charge on any atom is -0.495 e. The van der Waals surface area contributed by atoms with E-state index in [0.29, 0.717) is 33.6 Å². The molecule has 3 amide bonds. The van der Waals surface area contributed by atoms with Crippen LogP contribution in [0.3, 0.4) is 0 Å². The fraction of sp³-hybridized carbons (Fsp3) is 0.212. The van der Waals surface area contributed by atoms with Crippen LogP contribution in [-0.4, -0.2) is 67.6 Å². The first-order valence-electron chi connectivity index (χ1n) is 13.5. The van der Waals surface area contributed by atoms with Gasteiger partial charge in [-0.1, -0.05) is 36.4 Å². The van der Waals surface area contributed by atoms with Crippen molar-refractivity contribution in [2.75, 3.05) is 57.5 Å². The molecule has 0 heterocycles. The van der Waals surface area contributed by atoms with Gasteiger partial charge in [0.1, 0.15) is 10.6 Å². The Labute approximate surface area is 253 Å². The average molecular weight is 601 g/mol. The van der Waals surface area contributed by atoms with Gasteiger partial charge in [0.25, 0.3) is 5.91 Å². The normalized spacial score (nSPS) is 11.0. The van der Waals surface area contributed by atoms with Gasteiger partial charge in [-0.25, -0.2) is 13.2 Å². The van der Waals surface area contributed by atoms with Gasteiger partial charge in [0, 0.05) is 57.9 Å². The molecule has 0 spiro atoms. The molecule has 0 aromatic heterocycles. The Kier molecular flexibility index (Phi) is 9.40. The van der Waals surface area contributed by atoms with Crippen LogP contribution in [0.4, 0.5) is 21.9 Å².